The molecule has 1 aromatic heterocycles. The van der Waals surface area contributed by atoms with Gasteiger partial charge in [-0.15, -0.1) is 0 Å². The van der Waals surface area contributed by atoms with Crippen molar-refractivity contribution in [2.24, 2.45) is 5.92 Å². The number of cyclic esters (lactones) is 1. The first kappa shape index (κ1) is 20.3. The molecule has 1 aromatic carbocycles. The number of pyridine rings is 1. The van der Waals surface area contributed by atoms with Crippen LogP contribution in [0.2, 0.25) is 0 Å². The largest absolute Gasteiger partial charge is 0.446 e. The molecule has 2 heterocycles. The number of nitrogens with two attached hydrogens (primary N) is 1. The van der Waals surface area contributed by atoms with Gasteiger partial charge >= 0.3 is 6.09 Å². The maximum Gasteiger partial charge on any atom is 0.417 e. The van der Waals surface area contributed by atoms with Crippen LogP contribution >= 0.6 is 0 Å². The number of hydrogen-bond acceptors (Lipinski definition) is 6. The van der Waals surface area contributed by atoms with E-state index in [1.54, 1.807) is 18.3 Å². The molecule has 0 saturated carbocycles. The van der Waals surface area contributed by atoms with E-state index in [-0.39, 0.29) is 18.9 Å². The Bertz CT molecular complexity index is 925. The molecule has 1 saturated heterocycles. The lowest BCUT2D eigenvalue weighted by atomic mass is 9.82. The van der Waals surface area contributed by atoms with Crippen LogP contribution in [0.15, 0.2) is 48.7 Å². The van der Waals surface area contributed by atoms with Crippen molar-refractivity contribution in [3.63, 3.8) is 0 Å². The van der Waals surface area contributed by atoms with Gasteiger partial charge in [-0.1, -0.05) is 37.3 Å². The van der Waals surface area contributed by atoms with Gasteiger partial charge in [0.15, 0.2) is 0 Å². The van der Waals surface area contributed by atoms with Crippen LogP contribution in [0.25, 0.3) is 0 Å². The number of nitrogens with zero attached hydrogens (tertiary/aromatic N) is 3. The van der Waals surface area contributed by atoms with E-state index in [4.69, 9.17) is 15.7 Å². The molecule has 150 valence electrons. The van der Waals surface area contributed by atoms with Gasteiger partial charge in [-0.25, -0.2) is 14.7 Å². The maximum atomic E-state index is 13.4. The summed E-state index contributed by atoms with van der Waals surface area (Å²) in [4.78, 5) is 31.4. The molecule has 2 atom stereocenters. The fourth-order valence-corrected chi connectivity index (χ4v) is 3.83. The summed E-state index contributed by atoms with van der Waals surface area (Å²) in [6.07, 6.45) is 2.47. The van der Waals surface area contributed by atoms with Crippen LogP contribution < -0.4 is 5.73 Å². The Kier molecular flexibility index (Phi) is 6.13. The molecule has 2 amide bonds. The number of benzene rings is 1. The van der Waals surface area contributed by atoms with Gasteiger partial charge in [0, 0.05) is 25.0 Å². The van der Waals surface area contributed by atoms with Crippen LogP contribution in [0.1, 0.15) is 37.3 Å². The third-order valence-electron chi connectivity index (χ3n) is 5.37. The third-order valence-corrected chi connectivity index (χ3v) is 5.37. The van der Waals surface area contributed by atoms with Gasteiger partial charge in [0.2, 0.25) is 5.91 Å². The van der Waals surface area contributed by atoms with Crippen LogP contribution in [-0.4, -0.2) is 28.5 Å². The number of aromatic nitrogens is 1. The van der Waals surface area contributed by atoms with Gasteiger partial charge in [-0.05, 0) is 36.1 Å². The summed E-state index contributed by atoms with van der Waals surface area (Å²) in [6, 6.07) is 15.2. The average molecular weight is 392 g/mol. The number of rotatable bonds is 7. The van der Waals surface area contributed by atoms with Crippen molar-refractivity contribution in [3.05, 3.63) is 59.8 Å². The van der Waals surface area contributed by atoms with Gasteiger partial charge in [0.25, 0.3) is 0 Å². The fraction of sp³-hybridized carbons (Fsp3) is 0.364. The number of anilines is 1. The van der Waals surface area contributed by atoms with E-state index in [1.165, 1.54) is 4.90 Å². The van der Waals surface area contributed by atoms with Gasteiger partial charge in [-0.2, -0.15) is 5.26 Å². The maximum absolute atomic E-state index is 13.4. The molecular formula is C22H24N4O3. The molecule has 1 fully saturated rings. The summed E-state index contributed by atoms with van der Waals surface area (Å²) in [5.41, 5.74) is 6.55. The minimum absolute atomic E-state index is 0.0323. The highest BCUT2D eigenvalue weighted by Gasteiger charge is 2.53. The number of imide groups is 1. The van der Waals surface area contributed by atoms with Crippen LogP contribution in [0, 0.1) is 17.2 Å². The molecule has 0 unspecified atom stereocenters. The smallest absolute Gasteiger partial charge is 0.417 e. The zero-order chi connectivity index (χ0) is 20.9. The minimum atomic E-state index is -1.02. The van der Waals surface area contributed by atoms with Crippen molar-refractivity contribution in [3.8, 4) is 6.07 Å². The predicted octanol–water partition coefficient (Wildman–Crippen LogP) is 3.41. The number of ether oxygens (including phenoxy) is 1. The van der Waals surface area contributed by atoms with Crippen molar-refractivity contribution >= 4 is 17.8 Å². The van der Waals surface area contributed by atoms with Gasteiger partial charge in [0.1, 0.15) is 18.0 Å². The molecule has 7 heteroatoms. The summed E-state index contributed by atoms with van der Waals surface area (Å²) in [5, 5.41) is 8.93. The standard InChI is InChI=1S/C22H24N4O3/c1-2-17(9-6-11-23)20(27)26-21(28)29-15-22(26,14-16-7-4-3-5-8-16)18-10-12-25-19(24)13-18/h3-5,7-8,10,12-13,17H,2,6,9,14-15H2,1H3,(H2,24,25)/t17-,22-/m1/s1. The van der Waals surface area contributed by atoms with Gasteiger partial charge in [0.05, 0.1) is 6.07 Å². The molecule has 2 N–H and O–H groups in total. The Morgan fingerprint density at radius 1 is 1.38 bits per heavy atom. The third kappa shape index (κ3) is 4.06. The molecule has 1 aliphatic heterocycles. The predicted molar refractivity (Wildman–Crippen MR) is 107 cm³/mol. The first-order chi connectivity index (χ1) is 14.0. The minimum Gasteiger partial charge on any atom is -0.446 e. The molecule has 1 aliphatic rings. The lowest BCUT2D eigenvalue weighted by Crippen LogP contribution is -2.51. The molecule has 7 nitrogen and oxygen atoms in total. The number of carbonyl (C=O) groups excluding carboxylic acids is 2. The summed E-state index contributed by atoms with van der Waals surface area (Å²) in [7, 11) is 0. The van der Waals surface area contributed by atoms with E-state index >= 15 is 0 Å². The Morgan fingerprint density at radius 2 is 2.14 bits per heavy atom. The average Bonchev–Trinajstić information content (AvgIpc) is 3.06. The van der Waals surface area contributed by atoms with Gasteiger partial charge in [-0.3, -0.25) is 4.79 Å². The lowest BCUT2D eigenvalue weighted by Gasteiger charge is -2.36. The quantitative estimate of drug-likeness (QED) is 0.773. The van der Waals surface area contributed by atoms with E-state index in [9.17, 15) is 9.59 Å². The second-order valence-electron chi connectivity index (χ2n) is 7.19. The van der Waals surface area contributed by atoms with E-state index in [0.717, 1.165) is 5.56 Å². The second kappa shape index (κ2) is 8.74. The zero-order valence-electron chi connectivity index (χ0n) is 16.4. The van der Waals surface area contributed by atoms with E-state index in [1.807, 2.05) is 37.3 Å². The fourth-order valence-electron chi connectivity index (χ4n) is 3.83. The summed E-state index contributed by atoms with van der Waals surface area (Å²) in [5.74, 6) is -0.454. The Hall–Kier alpha value is -3.40. The molecule has 0 bridgehead atoms. The first-order valence-corrected chi connectivity index (χ1v) is 9.65. The van der Waals surface area contributed by atoms with Crippen molar-refractivity contribution in [1.29, 1.82) is 5.26 Å². The Morgan fingerprint density at radius 3 is 2.79 bits per heavy atom. The summed E-state index contributed by atoms with van der Waals surface area (Å²) in [6.45, 7) is 1.91. The van der Waals surface area contributed by atoms with Gasteiger partial charge < -0.3 is 10.5 Å². The molecule has 0 spiro atoms. The SMILES string of the molecule is CC[C@H](CCC#N)C(=O)N1C(=O)OC[C@]1(Cc1ccccc1)c1ccnc(N)c1. The molecule has 3 rings (SSSR count). The van der Waals surface area contributed by atoms with E-state index in [0.29, 0.717) is 30.6 Å². The molecule has 2 aromatic rings. The van der Waals surface area contributed by atoms with Crippen LogP contribution in [-0.2, 0) is 21.5 Å². The number of hydrogen-bond donors (Lipinski definition) is 1. The molecular weight excluding hydrogens is 368 g/mol. The Balaban J connectivity index is 2.08. The van der Waals surface area contributed by atoms with Crippen molar-refractivity contribution in [2.45, 2.75) is 38.1 Å². The zero-order valence-corrected chi connectivity index (χ0v) is 16.4. The van der Waals surface area contributed by atoms with E-state index < -0.39 is 17.6 Å². The summed E-state index contributed by atoms with van der Waals surface area (Å²) < 4.78 is 5.41. The topological polar surface area (TPSA) is 109 Å². The second-order valence-corrected chi connectivity index (χ2v) is 7.19. The monoisotopic (exact) mass is 392 g/mol. The van der Waals surface area contributed by atoms with Crippen molar-refractivity contribution < 1.29 is 14.3 Å². The lowest BCUT2D eigenvalue weighted by molar-refractivity contribution is -0.136. The number of nitriles is 1. The number of amides is 2. The van der Waals surface area contributed by atoms with E-state index in [2.05, 4.69) is 11.1 Å². The highest BCUT2D eigenvalue weighted by Crippen LogP contribution is 2.40. The highest BCUT2D eigenvalue weighted by molar-refractivity contribution is 5.96. The van der Waals surface area contributed by atoms with Crippen molar-refractivity contribution in [1.82, 2.24) is 9.88 Å². The normalized spacial score (nSPS) is 19.4. The molecule has 0 radical (unpaired) electrons. The molecule has 29 heavy (non-hydrogen) atoms. The van der Waals surface area contributed by atoms with Crippen molar-refractivity contribution in [2.75, 3.05) is 12.3 Å². The van der Waals surface area contributed by atoms with Crippen LogP contribution in [0.5, 0.6) is 0 Å². The number of carbonyl (C=O) groups is 2. The summed E-state index contributed by atoms with van der Waals surface area (Å²) >= 11 is 0. The van der Waals surface area contributed by atoms with Crippen LogP contribution in [0.4, 0.5) is 10.6 Å². The Labute approximate surface area is 170 Å². The van der Waals surface area contributed by atoms with Crippen LogP contribution in [0.3, 0.4) is 0 Å². The first-order valence-electron chi connectivity index (χ1n) is 9.65. The number of nitrogen functional groups attached to an aromatic ring is 1. The highest BCUT2D eigenvalue weighted by atomic mass is 16.6. The molecule has 0 aliphatic carbocycles.